The number of fused-ring (bicyclic) bond motifs is 1. The van der Waals surface area contributed by atoms with Gasteiger partial charge in [-0.25, -0.2) is 0 Å². The Balaban J connectivity index is 1.47. The lowest BCUT2D eigenvalue weighted by atomic mass is 9.88. The van der Waals surface area contributed by atoms with Crippen LogP contribution in [0.3, 0.4) is 0 Å². The summed E-state index contributed by atoms with van der Waals surface area (Å²) in [6.45, 7) is 1.68. The second-order valence-electron chi connectivity index (χ2n) is 7.06. The van der Waals surface area contributed by atoms with Crippen LogP contribution in [0.5, 0.6) is 0 Å². The smallest absolute Gasteiger partial charge is 0.371 e. The van der Waals surface area contributed by atoms with Crippen LogP contribution < -0.4 is 4.90 Å². The third kappa shape index (κ3) is 3.77. The third-order valence-corrected chi connectivity index (χ3v) is 5.35. The fourth-order valence-corrected chi connectivity index (χ4v) is 3.96. The van der Waals surface area contributed by atoms with E-state index in [-0.39, 0.29) is 5.92 Å². The molecule has 1 aliphatic heterocycles. The molecule has 2 heterocycles. The Hall–Kier alpha value is -2.56. The summed E-state index contributed by atoms with van der Waals surface area (Å²) in [5.74, 6) is 0.268. The van der Waals surface area contributed by atoms with E-state index in [1.807, 2.05) is 30.5 Å². The van der Waals surface area contributed by atoms with Crippen LogP contribution in [0.4, 0.5) is 18.9 Å². The Morgan fingerprint density at radius 3 is 2.63 bits per heavy atom. The van der Waals surface area contributed by atoms with Crippen LogP contribution in [0.25, 0.3) is 10.9 Å². The number of alkyl halides is 3. The predicted octanol–water partition coefficient (Wildman–Crippen LogP) is 5.51. The number of piperidine rings is 1. The summed E-state index contributed by atoms with van der Waals surface area (Å²) in [6, 6.07) is 16.8. The van der Waals surface area contributed by atoms with Crippen LogP contribution in [0.1, 0.15) is 24.0 Å². The van der Waals surface area contributed by atoms with Gasteiger partial charge >= 0.3 is 6.18 Å². The van der Waals surface area contributed by atoms with Crippen LogP contribution in [0.15, 0.2) is 54.7 Å². The summed E-state index contributed by atoms with van der Waals surface area (Å²) in [5.41, 5.74) is 1.98. The fourth-order valence-electron chi connectivity index (χ4n) is 3.96. The third-order valence-electron chi connectivity index (χ3n) is 5.35. The van der Waals surface area contributed by atoms with E-state index in [4.69, 9.17) is 0 Å². The SMILES string of the molecule is FC(F)(F)c1ccccc1CC1CCN(c2ccnc3cc[c]cc23)CC1. The van der Waals surface area contributed by atoms with E-state index in [0.717, 1.165) is 42.5 Å². The fraction of sp³-hybridized carbons (Fsp3) is 0.318. The molecule has 27 heavy (non-hydrogen) atoms. The molecule has 1 fully saturated rings. The molecule has 0 bridgehead atoms. The Bertz CT molecular complexity index is 923. The predicted molar refractivity (Wildman–Crippen MR) is 101 cm³/mol. The number of nitrogens with zero attached hydrogens (tertiary/aromatic N) is 2. The lowest BCUT2D eigenvalue weighted by molar-refractivity contribution is -0.138. The lowest BCUT2D eigenvalue weighted by Gasteiger charge is -2.34. The van der Waals surface area contributed by atoms with Gasteiger partial charge in [0.1, 0.15) is 0 Å². The van der Waals surface area contributed by atoms with Gasteiger partial charge in [-0.1, -0.05) is 24.3 Å². The van der Waals surface area contributed by atoms with Gasteiger partial charge in [-0.05, 0) is 61.1 Å². The number of rotatable bonds is 3. The maximum atomic E-state index is 13.2. The molecule has 0 N–H and O–H groups in total. The standard InChI is InChI=1S/C22H20F3N2/c23-22(24,25)19-7-3-1-5-17(19)15-16-10-13-27(14-11-16)21-9-12-26-20-8-4-2-6-18(20)21/h1,3-9,12,16H,10-11,13-15H2. The van der Waals surface area contributed by atoms with Crippen molar-refractivity contribution in [2.75, 3.05) is 18.0 Å². The van der Waals surface area contributed by atoms with Crippen molar-refractivity contribution in [2.45, 2.75) is 25.4 Å². The van der Waals surface area contributed by atoms with Gasteiger partial charge in [0.2, 0.25) is 0 Å². The highest BCUT2D eigenvalue weighted by Gasteiger charge is 2.33. The number of hydrogen-bond donors (Lipinski definition) is 0. The zero-order valence-corrected chi connectivity index (χ0v) is 14.8. The van der Waals surface area contributed by atoms with Gasteiger partial charge < -0.3 is 4.90 Å². The van der Waals surface area contributed by atoms with Crippen molar-refractivity contribution in [3.8, 4) is 0 Å². The van der Waals surface area contributed by atoms with E-state index in [2.05, 4.69) is 16.0 Å². The number of anilines is 1. The van der Waals surface area contributed by atoms with E-state index in [1.165, 1.54) is 12.1 Å². The molecular formula is C22H20F3N2. The largest absolute Gasteiger partial charge is 0.416 e. The van der Waals surface area contributed by atoms with Crippen molar-refractivity contribution in [3.05, 3.63) is 71.9 Å². The Kier molecular flexibility index (Phi) is 4.77. The van der Waals surface area contributed by atoms with E-state index >= 15 is 0 Å². The minimum absolute atomic E-state index is 0.268. The first-order valence-electron chi connectivity index (χ1n) is 9.17. The van der Waals surface area contributed by atoms with Crippen molar-refractivity contribution in [3.63, 3.8) is 0 Å². The Morgan fingerprint density at radius 1 is 1.07 bits per heavy atom. The monoisotopic (exact) mass is 369 g/mol. The number of benzene rings is 2. The van der Waals surface area contributed by atoms with Gasteiger partial charge in [0.15, 0.2) is 0 Å². The molecule has 0 amide bonds. The van der Waals surface area contributed by atoms with Gasteiger partial charge in [0.05, 0.1) is 11.1 Å². The molecule has 1 aliphatic rings. The van der Waals surface area contributed by atoms with Gasteiger partial charge in [-0.3, -0.25) is 4.98 Å². The summed E-state index contributed by atoms with van der Waals surface area (Å²) in [5, 5.41) is 1.07. The van der Waals surface area contributed by atoms with Gasteiger partial charge in [-0.15, -0.1) is 0 Å². The average molecular weight is 369 g/mol. The van der Waals surface area contributed by atoms with Crippen LogP contribution in [-0.2, 0) is 12.6 Å². The normalized spacial score (nSPS) is 16.0. The van der Waals surface area contributed by atoms with Crippen molar-refractivity contribution < 1.29 is 13.2 Å². The molecule has 0 atom stereocenters. The second-order valence-corrected chi connectivity index (χ2v) is 7.06. The topological polar surface area (TPSA) is 16.1 Å². The van der Waals surface area contributed by atoms with Crippen LogP contribution in [-0.4, -0.2) is 18.1 Å². The Morgan fingerprint density at radius 2 is 1.85 bits per heavy atom. The minimum atomic E-state index is -4.29. The summed E-state index contributed by atoms with van der Waals surface area (Å²) in [4.78, 5) is 6.70. The highest BCUT2D eigenvalue weighted by Crippen LogP contribution is 2.35. The summed E-state index contributed by atoms with van der Waals surface area (Å²) in [7, 11) is 0. The van der Waals surface area contributed by atoms with Gasteiger partial charge in [-0.2, -0.15) is 13.2 Å². The molecule has 0 spiro atoms. The number of halogens is 3. The first kappa shape index (κ1) is 17.8. The summed E-state index contributed by atoms with van der Waals surface area (Å²) >= 11 is 0. The molecule has 0 unspecified atom stereocenters. The maximum absolute atomic E-state index is 13.2. The van der Waals surface area contributed by atoms with E-state index in [9.17, 15) is 13.2 Å². The highest BCUT2D eigenvalue weighted by molar-refractivity contribution is 5.91. The van der Waals surface area contributed by atoms with Crippen molar-refractivity contribution >= 4 is 16.6 Å². The molecule has 5 heteroatoms. The van der Waals surface area contributed by atoms with Crippen LogP contribution in [0.2, 0.25) is 0 Å². The van der Waals surface area contributed by atoms with E-state index in [0.29, 0.717) is 12.0 Å². The molecule has 0 aliphatic carbocycles. The van der Waals surface area contributed by atoms with Crippen molar-refractivity contribution in [1.82, 2.24) is 4.98 Å². The number of aromatic nitrogens is 1. The summed E-state index contributed by atoms with van der Waals surface area (Å²) < 4.78 is 39.7. The number of hydrogen-bond acceptors (Lipinski definition) is 2. The molecular weight excluding hydrogens is 349 g/mol. The Labute approximate surface area is 156 Å². The summed E-state index contributed by atoms with van der Waals surface area (Å²) in [6.07, 6.45) is -0.236. The van der Waals surface area contributed by atoms with Gasteiger partial charge in [0, 0.05) is 30.4 Å². The van der Waals surface area contributed by atoms with E-state index < -0.39 is 11.7 Å². The zero-order chi connectivity index (χ0) is 18.9. The minimum Gasteiger partial charge on any atom is -0.371 e. The first-order valence-corrected chi connectivity index (χ1v) is 9.17. The average Bonchev–Trinajstić information content (AvgIpc) is 2.68. The highest BCUT2D eigenvalue weighted by atomic mass is 19.4. The van der Waals surface area contributed by atoms with Crippen molar-refractivity contribution in [1.29, 1.82) is 0 Å². The number of pyridine rings is 1. The maximum Gasteiger partial charge on any atom is 0.416 e. The van der Waals surface area contributed by atoms with Crippen LogP contribution >= 0.6 is 0 Å². The van der Waals surface area contributed by atoms with E-state index in [1.54, 1.807) is 12.1 Å². The molecule has 4 rings (SSSR count). The van der Waals surface area contributed by atoms with Gasteiger partial charge in [0.25, 0.3) is 0 Å². The quantitative estimate of drug-likeness (QED) is 0.605. The molecule has 3 aromatic rings. The molecule has 1 aromatic heterocycles. The molecule has 0 saturated carbocycles. The van der Waals surface area contributed by atoms with Crippen molar-refractivity contribution in [2.24, 2.45) is 5.92 Å². The van der Waals surface area contributed by atoms with Crippen LogP contribution in [0, 0.1) is 12.0 Å². The first-order chi connectivity index (χ1) is 13.0. The molecule has 1 radical (unpaired) electrons. The molecule has 139 valence electrons. The zero-order valence-electron chi connectivity index (χ0n) is 14.8. The molecule has 2 aromatic carbocycles. The molecule has 2 nitrogen and oxygen atoms in total. The second kappa shape index (κ2) is 7.22. The lowest BCUT2D eigenvalue weighted by Crippen LogP contribution is -2.34. The molecule has 1 saturated heterocycles.